The Labute approximate surface area is 190 Å². The SMILES string of the molecule is Cc1cc(Nc2nccc(OCc3nccn3C)n2)cc(-c2cnc(C3(O)CCC3)s2)c1. The molecule has 8 nitrogen and oxygen atoms in total. The zero-order valence-electron chi connectivity index (χ0n) is 17.9. The highest BCUT2D eigenvalue weighted by molar-refractivity contribution is 7.15. The molecular formula is C23H24N6O2S. The smallest absolute Gasteiger partial charge is 0.230 e. The van der Waals surface area contributed by atoms with E-state index in [1.54, 1.807) is 29.8 Å². The number of nitrogens with zero attached hydrogens (tertiary/aromatic N) is 5. The van der Waals surface area contributed by atoms with Gasteiger partial charge in [-0.25, -0.2) is 15.0 Å². The number of anilines is 2. The Kier molecular flexibility index (Phi) is 5.36. The first kappa shape index (κ1) is 20.6. The van der Waals surface area contributed by atoms with E-state index in [1.807, 2.05) is 43.1 Å². The summed E-state index contributed by atoms with van der Waals surface area (Å²) in [5.41, 5.74) is 2.28. The molecular weight excluding hydrogens is 424 g/mol. The lowest BCUT2D eigenvalue weighted by Crippen LogP contribution is -2.33. The molecule has 1 aliphatic carbocycles. The van der Waals surface area contributed by atoms with Crippen LogP contribution in [0, 0.1) is 6.92 Å². The van der Waals surface area contributed by atoms with Gasteiger partial charge in [0, 0.05) is 43.6 Å². The third-order valence-corrected chi connectivity index (χ3v) is 6.84. The average Bonchev–Trinajstić information content (AvgIpc) is 3.40. The summed E-state index contributed by atoms with van der Waals surface area (Å²) in [7, 11) is 1.92. The van der Waals surface area contributed by atoms with Crippen molar-refractivity contribution in [1.29, 1.82) is 0 Å². The largest absolute Gasteiger partial charge is 0.469 e. The molecule has 0 bridgehead atoms. The Morgan fingerprint density at radius 3 is 2.81 bits per heavy atom. The lowest BCUT2D eigenvalue weighted by Gasteiger charge is -2.34. The summed E-state index contributed by atoms with van der Waals surface area (Å²) in [4.78, 5) is 18.5. The van der Waals surface area contributed by atoms with Crippen LogP contribution in [0.3, 0.4) is 0 Å². The number of rotatable bonds is 7. The summed E-state index contributed by atoms with van der Waals surface area (Å²) in [5.74, 6) is 1.74. The van der Waals surface area contributed by atoms with Gasteiger partial charge in [-0.3, -0.25) is 0 Å². The van der Waals surface area contributed by atoms with Gasteiger partial charge in [-0.1, -0.05) is 6.07 Å². The van der Waals surface area contributed by atoms with Crippen LogP contribution in [0.5, 0.6) is 5.88 Å². The quantitative estimate of drug-likeness (QED) is 0.434. The van der Waals surface area contributed by atoms with Gasteiger partial charge in [-0.05, 0) is 49.4 Å². The van der Waals surface area contributed by atoms with Crippen LogP contribution in [0.15, 0.2) is 49.1 Å². The van der Waals surface area contributed by atoms with Crippen molar-refractivity contribution in [3.8, 4) is 16.3 Å². The zero-order valence-corrected chi connectivity index (χ0v) is 18.8. The van der Waals surface area contributed by atoms with Crippen LogP contribution in [0.1, 0.15) is 35.7 Å². The van der Waals surface area contributed by atoms with Crippen LogP contribution < -0.4 is 10.1 Å². The molecule has 0 amide bonds. The van der Waals surface area contributed by atoms with Gasteiger partial charge >= 0.3 is 0 Å². The normalized spacial score (nSPS) is 14.7. The molecule has 164 valence electrons. The maximum absolute atomic E-state index is 10.6. The van der Waals surface area contributed by atoms with Gasteiger partial charge < -0.3 is 19.7 Å². The number of hydrogen-bond acceptors (Lipinski definition) is 8. The molecule has 2 N–H and O–H groups in total. The molecule has 1 fully saturated rings. The molecule has 1 saturated carbocycles. The van der Waals surface area contributed by atoms with Gasteiger partial charge in [0.2, 0.25) is 11.8 Å². The molecule has 0 aliphatic heterocycles. The maximum atomic E-state index is 10.6. The Bertz CT molecular complexity index is 1250. The van der Waals surface area contributed by atoms with E-state index < -0.39 is 5.60 Å². The fourth-order valence-corrected chi connectivity index (χ4v) is 4.68. The average molecular weight is 449 g/mol. The highest BCUT2D eigenvalue weighted by Gasteiger charge is 2.39. The number of ether oxygens (including phenoxy) is 1. The Hall–Kier alpha value is -3.30. The molecule has 3 aromatic heterocycles. The van der Waals surface area contributed by atoms with Crippen molar-refractivity contribution in [3.05, 3.63) is 65.4 Å². The molecule has 9 heteroatoms. The number of imidazole rings is 1. The van der Waals surface area contributed by atoms with E-state index in [-0.39, 0.29) is 0 Å². The van der Waals surface area contributed by atoms with Crippen molar-refractivity contribution < 1.29 is 9.84 Å². The summed E-state index contributed by atoms with van der Waals surface area (Å²) in [6.07, 6.45) is 9.74. The van der Waals surface area contributed by atoms with Crippen molar-refractivity contribution in [2.75, 3.05) is 5.32 Å². The molecule has 0 radical (unpaired) electrons. The predicted octanol–water partition coefficient (Wildman–Crippen LogP) is 4.34. The second kappa shape index (κ2) is 8.33. The molecule has 1 aromatic carbocycles. The van der Waals surface area contributed by atoms with Gasteiger partial charge in [-0.15, -0.1) is 11.3 Å². The summed E-state index contributed by atoms with van der Waals surface area (Å²) >= 11 is 1.55. The van der Waals surface area contributed by atoms with E-state index in [0.29, 0.717) is 18.4 Å². The Morgan fingerprint density at radius 2 is 2.06 bits per heavy atom. The highest BCUT2D eigenvalue weighted by atomic mass is 32.1. The van der Waals surface area contributed by atoms with E-state index in [4.69, 9.17) is 4.74 Å². The molecule has 3 heterocycles. The van der Waals surface area contributed by atoms with Crippen molar-refractivity contribution in [2.45, 2.75) is 38.4 Å². The van der Waals surface area contributed by atoms with Crippen LogP contribution >= 0.6 is 11.3 Å². The monoisotopic (exact) mass is 448 g/mol. The number of hydrogen-bond donors (Lipinski definition) is 2. The van der Waals surface area contributed by atoms with Gasteiger partial charge in [0.1, 0.15) is 23.0 Å². The van der Waals surface area contributed by atoms with E-state index in [1.165, 1.54) is 0 Å². The summed E-state index contributed by atoms with van der Waals surface area (Å²) in [5, 5.41) is 14.7. The third-order valence-electron chi connectivity index (χ3n) is 5.60. The maximum Gasteiger partial charge on any atom is 0.230 e. The topological polar surface area (TPSA) is 98.0 Å². The van der Waals surface area contributed by atoms with Crippen molar-refractivity contribution in [3.63, 3.8) is 0 Å². The van der Waals surface area contributed by atoms with E-state index in [0.717, 1.165) is 51.8 Å². The van der Waals surface area contributed by atoms with Gasteiger partial charge in [-0.2, -0.15) is 4.98 Å². The van der Waals surface area contributed by atoms with Gasteiger partial charge in [0.15, 0.2) is 0 Å². The zero-order chi connectivity index (χ0) is 22.1. The molecule has 0 atom stereocenters. The molecule has 0 spiro atoms. The fourth-order valence-electron chi connectivity index (χ4n) is 3.63. The molecule has 4 aromatic rings. The van der Waals surface area contributed by atoms with Crippen molar-refractivity contribution in [1.82, 2.24) is 24.5 Å². The number of benzene rings is 1. The summed E-state index contributed by atoms with van der Waals surface area (Å²) < 4.78 is 7.68. The molecule has 1 aliphatic rings. The lowest BCUT2D eigenvalue weighted by atomic mass is 9.81. The lowest BCUT2D eigenvalue weighted by molar-refractivity contribution is -0.0389. The van der Waals surface area contributed by atoms with Crippen molar-refractivity contribution in [2.24, 2.45) is 7.05 Å². The Balaban J connectivity index is 1.33. The van der Waals surface area contributed by atoms with Crippen LogP contribution in [0.25, 0.3) is 10.4 Å². The minimum atomic E-state index is -0.739. The van der Waals surface area contributed by atoms with Crippen LogP contribution in [-0.4, -0.2) is 29.6 Å². The van der Waals surface area contributed by atoms with Gasteiger partial charge in [0.25, 0.3) is 0 Å². The van der Waals surface area contributed by atoms with Crippen LogP contribution in [0.4, 0.5) is 11.6 Å². The first-order valence-corrected chi connectivity index (χ1v) is 11.3. The molecule has 0 saturated heterocycles. The second-order valence-electron chi connectivity index (χ2n) is 8.09. The highest BCUT2D eigenvalue weighted by Crippen LogP contribution is 2.44. The number of nitrogens with one attached hydrogen (secondary N) is 1. The standard InChI is InChI=1S/C23H24N6O2S/c1-15-10-16(18-13-26-21(32-18)23(30)5-3-6-23)12-17(11-15)27-22-25-7-4-20(28-22)31-14-19-24-8-9-29(19)2/h4,7-13,30H,3,5-6,14H2,1-2H3,(H,25,27,28). The van der Waals surface area contributed by atoms with Crippen LogP contribution in [-0.2, 0) is 19.3 Å². The molecule has 32 heavy (non-hydrogen) atoms. The van der Waals surface area contributed by atoms with Crippen molar-refractivity contribution >= 4 is 23.0 Å². The Morgan fingerprint density at radius 1 is 1.19 bits per heavy atom. The van der Waals surface area contributed by atoms with Gasteiger partial charge in [0.05, 0.1) is 4.88 Å². The fraction of sp³-hybridized carbons (Fsp3) is 0.304. The first-order valence-electron chi connectivity index (χ1n) is 10.5. The minimum absolute atomic E-state index is 0.328. The summed E-state index contributed by atoms with van der Waals surface area (Å²) in [6, 6.07) is 7.91. The van der Waals surface area contributed by atoms with E-state index >= 15 is 0 Å². The number of aromatic nitrogens is 5. The number of aryl methyl sites for hydroxylation is 2. The molecule has 0 unspecified atom stereocenters. The van der Waals surface area contributed by atoms with E-state index in [9.17, 15) is 5.11 Å². The molecule has 5 rings (SSSR count). The van der Waals surface area contributed by atoms with Crippen LogP contribution in [0.2, 0.25) is 0 Å². The number of aliphatic hydroxyl groups is 1. The number of thiazole rings is 1. The predicted molar refractivity (Wildman–Crippen MR) is 123 cm³/mol. The van der Waals surface area contributed by atoms with E-state index in [2.05, 4.69) is 31.3 Å². The second-order valence-corrected chi connectivity index (χ2v) is 9.12. The minimum Gasteiger partial charge on any atom is -0.469 e. The summed E-state index contributed by atoms with van der Waals surface area (Å²) in [6.45, 7) is 2.37. The third kappa shape index (κ3) is 4.21. The first-order chi connectivity index (χ1) is 15.5.